The van der Waals surface area contributed by atoms with Gasteiger partial charge in [-0.2, -0.15) is 0 Å². The summed E-state index contributed by atoms with van der Waals surface area (Å²) in [4.78, 5) is 15.6. The fraction of sp³-hybridized carbons (Fsp3) is 0.667. The van der Waals surface area contributed by atoms with Crippen LogP contribution in [-0.2, 0) is 10.2 Å². The summed E-state index contributed by atoms with van der Waals surface area (Å²) in [5.74, 6) is 0.868. The van der Waals surface area contributed by atoms with Gasteiger partial charge in [-0.15, -0.1) is 0 Å². The average molecular weight is 329 g/mol. The summed E-state index contributed by atoms with van der Waals surface area (Å²) in [5.41, 5.74) is 8.29. The molecule has 3 rings (SSSR count). The van der Waals surface area contributed by atoms with Crippen molar-refractivity contribution < 1.29 is 4.79 Å². The Morgan fingerprint density at radius 2 is 1.79 bits per heavy atom. The summed E-state index contributed by atoms with van der Waals surface area (Å²) >= 11 is 0. The fourth-order valence-electron chi connectivity index (χ4n) is 4.46. The van der Waals surface area contributed by atoms with Crippen LogP contribution < -0.4 is 5.73 Å². The third-order valence-electron chi connectivity index (χ3n) is 6.33. The summed E-state index contributed by atoms with van der Waals surface area (Å²) in [5, 5.41) is 0. The summed E-state index contributed by atoms with van der Waals surface area (Å²) < 4.78 is 0. The summed E-state index contributed by atoms with van der Waals surface area (Å²) in [6.45, 7) is 8.96. The van der Waals surface area contributed by atoms with Gasteiger partial charge in [0.1, 0.15) is 0 Å². The van der Waals surface area contributed by atoms with E-state index in [0.717, 1.165) is 45.2 Å². The van der Waals surface area contributed by atoms with Crippen LogP contribution in [0.25, 0.3) is 0 Å². The molecular weight excluding hydrogens is 296 g/mol. The minimum absolute atomic E-state index is 0.0942. The van der Waals surface area contributed by atoms with Crippen LogP contribution in [0.2, 0.25) is 0 Å². The molecule has 2 fully saturated rings. The van der Waals surface area contributed by atoms with Crippen LogP contribution in [0.5, 0.6) is 0 Å². The first-order valence-electron chi connectivity index (χ1n) is 9.50. The zero-order valence-electron chi connectivity index (χ0n) is 15.5. The zero-order valence-corrected chi connectivity index (χ0v) is 15.5. The van der Waals surface area contributed by atoms with Crippen molar-refractivity contribution in [2.45, 2.75) is 64.2 Å². The molecule has 1 amide bonds. The molecule has 132 valence electrons. The van der Waals surface area contributed by atoms with E-state index in [-0.39, 0.29) is 10.8 Å². The number of amides is 1. The molecule has 3 heteroatoms. The van der Waals surface area contributed by atoms with Crippen molar-refractivity contribution in [2.75, 3.05) is 19.6 Å². The standard InChI is InChI=1S/C21H32N2O/c1-16(2)17-6-8-18(9-7-17)21(10-4-5-11-21)19(24)23-13-12-20(3,14-22)15-23/h6-9,16H,4-5,10-15,22H2,1-3H3. The summed E-state index contributed by atoms with van der Waals surface area (Å²) in [6, 6.07) is 8.83. The minimum atomic E-state index is -0.296. The van der Waals surface area contributed by atoms with Crippen molar-refractivity contribution in [3.63, 3.8) is 0 Å². The molecule has 1 unspecified atom stereocenters. The first-order chi connectivity index (χ1) is 11.4. The predicted octanol–water partition coefficient (Wildman–Crippen LogP) is 3.82. The molecule has 1 heterocycles. The molecule has 1 aromatic carbocycles. The van der Waals surface area contributed by atoms with Gasteiger partial charge in [0, 0.05) is 13.1 Å². The van der Waals surface area contributed by atoms with Crippen LogP contribution in [0.15, 0.2) is 24.3 Å². The lowest BCUT2D eigenvalue weighted by Gasteiger charge is -2.34. The van der Waals surface area contributed by atoms with Crippen LogP contribution in [0, 0.1) is 5.41 Å². The second-order valence-electron chi connectivity index (χ2n) is 8.56. The number of benzene rings is 1. The highest BCUT2D eigenvalue weighted by atomic mass is 16.2. The Kier molecular flexibility index (Phi) is 4.74. The maximum atomic E-state index is 13.5. The van der Waals surface area contributed by atoms with Gasteiger partial charge in [0.2, 0.25) is 5.91 Å². The van der Waals surface area contributed by atoms with Crippen LogP contribution in [0.1, 0.15) is 69.9 Å². The normalized spacial score (nSPS) is 26.3. The number of nitrogens with zero attached hydrogens (tertiary/aromatic N) is 1. The maximum absolute atomic E-state index is 13.5. The molecule has 0 bridgehead atoms. The van der Waals surface area contributed by atoms with Crippen molar-refractivity contribution in [2.24, 2.45) is 11.1 Å². The zero-order chi connectivity index (χ0) is 17.4. The molecule has 1 aliphatic carbocycles. The van der Waals surface area contributed by atoms with Gasteiger partial charge in [-0.25, -0.2) is 0 Å². The molecule has 1 atom stereocenters. The number of nitrogens with two attached hydrogens (primary N) is 1. The van der Waals surface area contributed by atoms with Gasteiger partial charge in [0.15, 0.2) is 0 Å². The van der Waals surface area contributed by atoms with Crippen LogP contribution in [0.3, 0.4) is 0 Å². The lowest BCUT2D eigenvalue weighted by Crippen LogP contribution is -2.45. The van der Waals surface area contributed by atoms with Crippen molar-refractivity contribution >= 4 is 5.91 Å². The van der Waals surface area contributed by atoms with Gasteiger partial charge in [0.25, 0.3) is 0 Å². The number of likely N-dealkylation sites (tertiary alicyclic amines) is 1. The van der Waals surface area contributed by atoms with E-state index in [9.17, 15) is 4.79 Å². The highest BCUT2D eigenvalue weighted by Crippen LogP contribution is 2.44. The van der Waals surface area contributed by atoms with E-state index in [4.69, 9.17) is 5.73 Å². The first-order valence-corrected chi connectivity index (χ1v) is 9.50. The molecule has 24 heavy (non-hydrogen) atoms. The molecule has 2 aliphatic rings. The number of hydrogen-bond acceptors (Lipinski definition) is 2. The molecule has 3 nitrogen and oxygen atoms in total. The second-order valence-corrected chi connectivity index (χ2v) is 8.56. The topological polar surface area (TPSA) is 46.3 Å². The highest BCUT2D eigenvalue weighted by Gasteiger charge is 2.47. The Balaban J connectivity index is 1.87. The Morgan fingerprint density at radius 1 is 1.17 bits per heavy atom. The van der Waals surface area contributed by atoms with E-state index >= 15 is 0 Å². The number of rotatable bonds is 4. The summed E-state index contributed by atoms with van der Waals surface area (Å²) in [6.07, 6.45) is 5.31. The average Bonchev–Trinajstić information content (AvgIpc) is 3.23. The molecule has 1 saturated carbocycles. The van der Waals surface area contributed by atoms with Gasteiger partial charge in [0.05, 0.1) is 5.41 Å². The monoisotopic (exact) mass is 328 g/mol. The minimum Gasteiger partial charge on any atom is -0.341 e. The van der Waals surface area contributed by atoms with E-state index in [1.807, 2.05) is 0 Å². The lowest BCUT2D eigenvalue weighted by molar-refractivity contribution is -0.136. The lowest BCUT2D eigenvalue weighted by atomic mass is 9.77. The SMILES string of the molecule is CC(C)c1ccc(C2(C(=O)N3CCC(C)(CN)C3)CCCC2)cc1. The second kappa shape index (κ2) is 6.51. The molecule has 1 aromatic rings. The van der Waals surface area contributed by atoms with Gasteiger partial charge < -0.3 is 10.6 Å². The van der Waals surface area contributed by atoms with Crippen molar-refractivity contribution in [3.8, 4) is 0 Å². The molecular formula is C21H32N2O. The number of carbonyl (C=O) groups is 1. The van der Waals surface area contributed by atoms with Gasteiger partial charge >= 0.3 is 0 Å². The van der Waals surface area contributed by atoms with E-state index in [1.54, 1.807) is 0 Å². The van der Waals surface area contributed by atoms with E-state index < -0.39 is 0 Å². The number of hydrogen-bond donors (Lipinski definition) is 1. The Labute approximate surface area is 146 Å². The smallest absolute Gasteiger partial charge is 0.233 e. The van der Waals surface area contributed by atoms with E-state index in [0.29, 0.717) is 18.4 Å². The molecule has 0 spiro atoms. The van der Waals surface area contributed by atoms with Crippen LogP contribution in [-0.4, -0.2) is 30.4 Å². The molecule has 1 aliphatic heterocycles. The van der Waals surface area contributed by atoms with Crippen LogP contribution in [0.4, 0.5) is 0 Å². The van der Waals surface area contributed by atoms with Crippen molar-refractivity contribution in [1.82, 2.24) is 4.90 Å². The maximum Gasteiger partial charge on any atom is 0.233 e. The number of carbonyl (C=O) groups excluding carboxylic acids is 1. The third-order valence-corrected chi connectivity index (χ3v) is 6.33. The predicted molar refractivity (Wildman–Crippen MR) is 99.0 cm³/mol. The van der Waals surface area contributed by atoms with Crippen molar-refractivity contribution in [1.29, 1.82) is 0 Å². The molecule has 2 N–H and O–H groups in total. The van der Waals surface area contributed by atoms with E-state index in [1.165, 1.54) is 11.1 Å². The third kappa shape index (κ3) is 2.99. The summed E-state index contributed by atoms with van der Waals surface area (Å²) in [7, 11) is 0. The molecule has 1 saturated heterocycles. The first kappa shape index (κ1) is 17.5. The molecule has 0 aromatic heterocycles. The molecule has 0 radical (unpaired) electrons. The highest BCUT2D eigenvalue weighted by molar-refractivity contribution is 5.89. The van der Waals surface area contributed by atoms with Gasteiger partial charge in [-0.1, -0.05) is 57.9 Å². The van der Waals surface area contributed by atoms with Gasteiger partial charge in [-0.05, 0) is 48.3 Å². The quantitative estimate of drug-likeness (QED) is 0.913. The fourth-order valence-corrected chi connectivity index (χ4v) is 4.46. The largest absolute Gasteiger partial charge is 0.341 e. The van der Waals surface area contributed by atoms with E-state index in [2.05, 4.69) is 49.9 Å². The Morgan fingerprint density at radius 3 is 2.29 bits per heavy atom. The van der Waals surface area contributed by atoms with Crippen molar-refractivity contribution in [3.05, 3.63) is 35.4 Å². The van der Waals surface area contributed by atoms with Crippen LogP contribution >= 0.6 is 0 Å². The Bertz CT molecular complexity index is 586. The van der Waals surface area contributed by atoms with Gasteiger partial charge in [-0.3, -0.25) is 4.79 Å². The Hall–Kier alpha value is -1.35.